The predicted octanol–water partition coefficient (Wildman–Crippen LogP) is 0.813. The van der Waals surface area contributed by atoms with Crippen LogP contribution in [0.15, 0.2) is 24.5 Å². The lowest BCUT2D eigenvalue weighted by Crippen LogP contribution is -2.45. The van der Waals surface area contributed by atoms with Gasteiger partial charge in [-0.1, -0.05) is 0 Å². The zero-order valence-electron chi connectivity index (χ0n) is 10.6. The van der Waals surface area contributed by atoms with E-state index in [9.17, 15) is 4.79 Å². The number of anilines is 1. The molecule has 0 aromatic carbocycles. The molecule has 0 bridgehead atoms. The number of aromatic nitrogens is 1. The minimum atomic E-state index is 0.117. The number of morpholine rings is 1. The second-order valence-corrected chi connectivity index (χ2v) is 4.27. The van der Waals surface area contributed by atoms with Crippen LogP contribution in [0.25, 0.3) is 0 Å². The van der Waals surface area contributed by atoms with Gasteiger partial charge in [0.15, 0.2) is 0 Å². The molecule has 1 aliphatic rings. The van der Waals surface area contributed by atoms with E-state index >= 15 is 0 Å². The molecule has 1 aromatic rings. The first kappa shape index (κ1) is 13.0. The van der Waals surface area contributed by atoms with Crippen LogP contribution in [-0.4, -0.2) is 43.2 Å². The molecule has 1 aromatic heterocycles. The monoisotopic (exact) mass is 249 g/mol. The summed E-state index contributed by atoms with van der Waals surface area (Å²) in [5, 5.41) is 3.30. The lowest BCUT2D eigenvalue weighted by atomic mass is 10.1. The summed E-state index contributed by atoms with van der Waals surface area (Å²) in [6.45, 7) is 4.80. The third-order valence-corrected chi connectivity index (χ3v) is 3.01. The van der Waals surface area contributed by atoms with Gasteiger partial charge in [0.2, 0.25) is 5.91 Å². The quantitative estimate of drug-likeness (QED) is 0.858. The van der Waals surface area contributed by atoms with Gasteiger partial charge in [-0.15, -0.1) is 0 Å². The molecule has 2 rings (SSSR count). The fourth-order valence-electron chi connectivity index (χ4n) is 2.10. The van der Waals surface area contributed by atoms with Crippen LogP contribution in [0.4, 0.5) is 5.69 Å². The molecule has 1 aliphatic heterocycles. The topological polar surface area (TPSA) is 54.5 Å². The summed E-state index contributed by atoms with van der Waals surface area (Å²) in [5.74, 6) is 0.117. The van der Waals surface area contributed by atoms with E-state index < -0.39 is 0 Å². The summed E-state index contributed by atoms with van der Waals surface area (Å²) in [7, 11) is 0. The summed E-state index contributed by atoms with van der Waals surface area (Å²) in [6, 6.07) is 3.83. The van der Waals surface area contributed by atoms with Crippen LogP contribution in [0.1, 0.15) is 13.3 Å². The number of carbonyl (C=O) groups excluding carboxylic acids is 1. The number of carbonyl (C=O) groups is 1. The Morgan fingerprint density at radius 2 is 2.33 bits per heavy atom. The maximum Gasteiger partial charge on any atom is 0.228 e. The Kier molecular flexibility index (Phi) is 4.66. The molecule has 1 atom stereocenters. The number of hydrogen-bond donors (Lipinski definition) is 1. The minimum Gasteiger partial charge on any atom is -0.378 e. The van der Waals surface area contributed by atoms with Crippen molar-refractivity contribution >= 4 is 11.6 Å². The average molecular weight is 249 g/mol. The van der Waals surface area contributed by atoms with E-state index in [0.29, 0.717) is 19.6 Å². The summed E-state index contributed by atoms with van der Waals surface area (Å²) >= 11 is 0. The number of hydrogen-bond acceptors (Lipinski definition) is 4. The molecule has 1 amide bonds. The first-order chi connectivity index (χ1) is 8.81. The van der Waals surface area contributed by atoms with Crippen LogP contribution in [0.2, 0.25) is 0 Å². The van der Waals surface area contributed by atoms with Crippen LogP contribution < -0.4 is 10.2 Å². The van der Waals surface area contributed by atoms with Gasteiger partial charge in [0.1, 0.15) is 0 Å². The van der Waals surface area contributed by atoms with Gasteiger partial charge in [-0.3, -0.25) is 9.78 Å². The van der Waals surface area contributed by atoms with Crippen LogP contribution >= 0.6 is 0 Å². The predicted molar refractivity (Wildman–Crippen MR) is 69.5 cm³/mol. The van der Waals surface area contributed by atoms with Crippen molar-refractivity contribution < 1.29 is 9.53 Å². The fourth-order valence-corrected chi connectivity index (χ4v) is 2.10. The second kappa shape index (κ2) is 6.47. The maximum atomic E-state index is 12.3. The van der Waals surface area contributed by atoms with Crippen molar-refractivity contribution in [1.29, 1.82) is 0 Å². The highest BCUT2D eigenvalue weighted by molar-refractivity contribution is 5.93. The Morgan fingerprint density at radius 3 is 2.94 bits per heavy atom. The number of pyridine rings is 1. The molecule has 98 valence electrons. The first-order valence-corrected chi connectivity index (χ1v) is 6.32. The Morgan fingerprint density at radius 1 is 1.56 bits per heavy atom. The van der Waals surface area contributed by atoms with E-state index in [1.807, 2.05) is 19.1 Å². The van der Waals surface area contributed by atoms with Crippen LogP contribution in [-0.2, 0) is 9.53 Å². The Bertz CT molecular complexity index is 377. The Labute approximate surface area is 107 Å². The van der Waals surface area contributed by atoms with E-state index in [1.54, 1.807) is 17.3 Å². The highest BCUT2D eigenvalue weighted by Gasteiger charge is 2.21. The zero-order chi connectivity index (χ0) is 12.8. The van der Waals surface area contributed by atoms with Gasteiger partial charge in [0.05, 0.1) is 13.2 Å². The largest absolute Gasteiger partial charge is 0.378 e. The molecule has 0 spiro atoms. The molecule has 0 radical (unpaired) electrons. The molecule has 1 unspecified atom stereocenters. The van der Waals surface area contributed by atoms with E-state index in [0.717, 1.165) is 18.8 Å². The third-order valence-electron chi connectivity index (χ3n) is 3.01. The summed E-state index contributed by atoms with van der Waals surface area (Å²) < 4.78 is 5.36. The fraction of sp³-hybridized carbons (Fsp3) is 0.538. The first-order valence-electron chi connectivity index (χ1n) is 6.32. The number of rotatable bonds is 4. The van der Waals surface area contributed by atoms with Gasteiger partial charge >= 0.3 is 0 Å². The van der Waals surface area contributed by atoms with Crippen molar-refractivity contribution in [3.63, 3.8) is 0 Å². The van der Waals surface area contributed by atoms with Gasteiger partial charge in [-0.25, -0.2) is 0 Å². The van der Waals surface area contributed by atoms with Crippen molar-refractivity contribution in [2.24, 2.45) is 0 Å². The molecule has 2 heterocycles. The Hall–Kier alpha value is -1.46. The highest BCUT2D eigenvalue weighted by Crippen LogP contribution is 2.14. The van der Waals surface area contributed by atoms with Crippen LogP contribution in [0.5, 0.6) is 0 Å². The molecule has 0 saturated carbocycles. The molecule has 1 N–H and O–H groups in total. The maximum absolute atomic E-state index is 12.3. The smallest absolute Gasteiger partial charge is 0.228 e. The van der Waals surface area contributed by atoms with E-state index in [4.69, 9.17) is 4.74 Å². The number of nitrogens with one attached hydrogen (secondary N) is 1. The van der Waals surface area contributed by atoms with Crippen LogP contribution in [0.3, 0.4) is 0 Å². The third kappa shape index (κ3) is 3.27. The van der Waals surface area contributed by atoms with Crippen molar-refractivity contribution in [1.82, 2.24) is 10.3 Å². The van der Waals surface area contributed by atoms with E-state index in [1.165, 1.54) is 0 Å². The molecular formula is C13H19N3O2. The number of amides is 1. The zero-order valence-corrected chi connectivity index (χ0v) is 10.6. The SMILES string of the molecule is CCN(C(=O)CC1COCCN1)c1ccncc1. The van der Waals surface area contributed by atoms with Crippen molar-refractivity contribution in [3.05, 3.63) is 24.5 Å². The lowest BCUT2D eigenvalue weighted by molar-refractivity contribution is -0.119. The van der Waals surface area contributed by atoms with Gasteiger partial charge in [0, 0.05) is 43.6 Å². The Balaban J connectivity index is 1.97. The second-order valence-electron chi connectivity index (χ2n) is 4.27. The number of nitrogens with zero attached hydrogens (tertiary/aromatic N) is 2. The van der Waals surface area contributed by atoms with E-state index in [2.05, 4.69) is 10.3 Å². The highest BCUT2D eigenvalue weighted by atomic mass is 16.5. The molecule has 1 saturated heterocycles. The van der Waals surface area contributed by atoms with Crippen molar-refractivity contribution in [2.75, 3.05) is 31.2 Å². The van der Waals surface area contributed by atoms with Crippen LogP contribution in [0, 0.1) is 0 Å². The summed E-state index contributed by atoms with van der Waals surface area (Å²) in [5.41, 5.74) is 0.897. The molecule has 5 nitrogen and oxygen atoms in total. The molecule has 5 heteroatoms. The van der Waals surface area contributed by atoms with E-state index in [-0.39, 0.29) is 11.9 Å². The van der Waals surface area contributed by atoms with Gasteiger partial charge in [0.25, 0.3) is 0 Å². The standard InChI is InChI=1S/C13H19N3O2/c1-2-16(12-3-5-14-6-4-12)13(17)9-11-10-18-8-7-15-11/h3-6,11,15H,2,7-10H2,1H3. The lowest BCUT2D eigenvalue weighted by Gasteiger charge is -2.27. The van der Waals surface area contributed by atoms with Gasteiger partial charge < -0.3 is 15.0 Å². The summed E-state index contributed by atoms with van der Waals surface area (Å²) in [4.78, 5) is 18.0. The molecule has 18 heavy (non-hydrogen) atoms. The molecule has 1 fully saturated rings. The number of ether oxygens (including phenoxy) is 1. The van der Waals surface area contributed by atoms with Gasteiger partial charge in [-0.2, -0.15) is 0 Å². The normalized spacial score (nSPS) is 19.5. The van der Waals surface area contributed by atoms with Crippen molar-refractivity contribution in [2.45, 2.75) is 19.4 Å². The molecular weight excluding hydrogens is 230 g/mol. The minimum absolute atomic E-state index is 0.117. The summed E-state index contributed by atoms with van der Waals surface area (Å²) in [6.07, 6.45) is 3.87. The average Bonchev–Trinajstić information content (AvgIpc) is 2.42. The molecule has 0 aliphatic carbocycles. The van der Waals surface area contributed by atoms with Gasteiger partial charge in [-0.05, 0) is 19.1 Å². The van der Waals surface area contributed by atoms with Crippen molar-refractivity contribution in [3.8, 4) is 0 Å².